The average Bonchev–Trinajstić information content (AvgIpc) is 3.43. The van der Waals surface area contributed by atoms with Gasteiger partial charge >= 0.3 is 0 Å². The number of ether oxygens (including phenoxy) is 2. The maximum Gasteiger partial charge on any atom is 0.254 e. The predicted molar refractivity (Wildman–Crippen MR) is 140 cm³/mol. The Labute approximate surface area is 215 Å². The molecular weight excluding hydrogens is 468 g/mol. The highest BCUT2D eigenvalue weighted by Gasteiger charge is 2.25. The highest BCUT2D eigenvalue weighted by atomic mass is 16.5. The Kier molecular flexibility index (Phi) is 7.07. The number of rotatable bonds is 7. The van der Waals surface area contributed by atoms with E-state index in [1.165, 1.54) is 5.56 Å². The summed E-state index contributed by atoms with van der Waals surface area (Å²) in [5.41, 5.74) is 4.24. The second-order valence-electron chi connectivity index (χ2n) is 9.20. The molecule has 0 radical (unpaired) electrons. The number of fused-ring (bicyclic) bond motifs is 1. The van der Waals surface area contributed by atoms with E-state index in [1.54, 1.807) is 38.6 Å². The lowest BCUT2D eigenvalue weighted by Crippen LogP contribution is -2.38. The standard InChI is InChI=1S/C29H30N4O4/c1-36-25-16-24(17-26(18-25)37-2)29(35)33-12-8-22(9-13-33)21-3-5-23(6-4-21)28(34)31-19-20-7-11-32-14-10-30-27(32)15-20/h3-7,10-11,14-18,22H,8-9,12-13,19H2,1-2H3,(H,31,34). The summed E-state index contributed by atoms with van der Waals surface area (Å²) in [4.78, 5) is 31.9. The maximum atomic E-state index is 13.1. The van der Waals surface area contributed by atoms with E-state index < -0.39 is 0 Å². The number of pyridine rings is 1. The number of amides is 2. The topological polar surface area (TPSA) is 85.2 Å². The van der Waals surface area contributed by atoms with Gasteiger partial charge in [-0.15, -0.1) is 0 Å². The zero-order valence-electron chi connectivity index (χ0n) is 21.0. The van der Waals surface area contributed by atoms with Gasteiger partial charge < -0.3 is 24.1 Å². The van der Waals surface area contributed by atoms with Crippen LogP contribution >= 0.6 is 0 Å². The second kappa shape index (κ2) is 10.7. The van der Waals surface area contributed by atoms with Crippen molar-refractivity contribution >= 4 is 17.5 Å². The molecule has 37 heavy (non-hydrogen) atoms. The molecule has 2 aromatic heterocycles. The number of hydrogen-bond acceptors (Lipinski definition) is 5. The van der Waals surface area contributed by atoms with Gasteiger partial charge in [0, 0.05) is 55.4 Å². The van der Waals surface area contributed by atoms with Crippen molar-refractivity contribution in [2.45, 2.75) is 25.3 Å². The number of piperidine rings is 1. The van der Waals surface area contributed by atoms with Crippen molar-refractivity contribution in [1.82, 2.24) is 19.6 Å². The van der Waals surface area contributed by atoms with E-state index >= 15 is 0 Å². The minimum Gasteiger partial charge on any atom is -0.497 e. The molecule has 1 saturated heterocycles. The summed E-state index contributed by atoms with van der Waals surface area (Å²) in [6.45, 7) is 1.79. The lowest BCUT2D eigenvalue weighted by atomic mass is 9.88. The Morgan fingerprint density at radius 3 is 2.30 bits per heavy atom. The molecule has 0 atom stereocenters. The molecule has 3 heterocycles. The van der Waals surface area contributed by atoms with Gasteiger partial charge in [-0.05, 0) is 66.3 Å². The molecule has 0 bridgehead atoms. The summed E-state index contributed by atoms with van der Waals surface area (Å²) in [7, 11) is 3.15. The van der Waals surface area contributed by atoms with Gasteiger partial charge in [-0.25, -0.2) is 4.98 Å². The van der Waals surface area contributed by atoms with E-state index in [9.17, 15) is 9.59 Å². The number of methoxy groups -OCH3 is 2. The van der Waals surface area contributed by atoms with Crippen molar-refractivity contribution < 1.29 is 19.1 Å². The molecule has 2 amide bonds. The summed E-state index contributed by atoms with van der Waals surface area (Å²) in [5, 5.41) is 2.98. The van der Waals surface area contributed by atoms with Crippen molar-refractivity contribution in [2.24, 2.45) is 0 Å². The van der Waals surface area contributed by atoms with E-state index in [4.69, 9.17) is 9.47 Å². The van der Waals surface area contributed by atoms with Crippen LogP contribution in [0.5, 0.6) is 11.5 Å². The molecule has 2 aromatic carbocycles. The first-order valence-corrected chi connectivity index (χ1v) is 12.4. The summed E-state index contributed by atoms with van der Waals surface area (Å²) >= 11 is 0. The van der Waals surface area contributed by atoms with E-state index in [1.807, 2.05) is 58.1 Å². The number of benzene rings is 2. The Morgan fingerprint density at radius 1 is 0.919 bits per heavy atom. The number of imidazole rings is 1. The van der Waals surface area contributed by atoms with Gasteiger partial charge in [-0.2, -0.15) is 0 Å². The predicted octanol–water partition coefficient (Wildman–Crippen LogP) is 4.30. The molecule has 190 valence electrons. The van der Waals surface area contributed by atoms with Crippen molar-refractivity contribution in [2.75, 3.05) is 27.3 Å². The minimum absolute atomic E-state index is 0.0189. The maximum absolute atomic E-state index is 13.1. The Morgan fingerprint density at radius 2 is 1.62 bits per heavy atom. The van der Waals surface area contributed by atoms with Gasteiger partial charge in [0.2, 0.25) is 0 Å². The molecular formula is C29H30N4O4. The molecule has 5 rings (SSSR count). The van der Waals surface area contributed by atoms with Gasteiger partial charge in [-0.1, -0.05) is 12.1 Å². The molecule has 4 aromatic rings. The minimum atomic E-state index is -0.108. The summed E-state index contributed by atoms with van der Waals surface area (Å²) in [5.74, 6) is 1.42. The van der Waals surface area contributed by atoms with Crippen LogP contribution in [0.25, 0.3) is 5.65 Å². The SMILES string of the molecule is COc1cc(OC)cc(C(=O)N2CCC(c3ccc(C(=O)NCc4ccn5ccnc5c4)cc3)CC2)c1. The first kappa shape index (κ1) is 24.4. The van der Waals surface area contributed by atoms with E-state index in [0.717, 1.165) is 24.1 Å². The van der Waals surface area contributed by atoms with Crippen LogP contribution in [0.3, 0.4) is 0 Å². The number of nitrogens with one attached hydrogen (secondary N) is 1. The fourth-order valence-corrected chi connectivity index (χ4v) is 4.78. The van der Waals surface area contributed by atoms with Crippen LogP contribution in [0.2, 0.25) is 0 Å². The number of hydrogen-bond donors (Lipinski definition) is 1. The van der Waals surface area contributed by atoms with Gasteiger partial charge in [-0.3, -0.25) is 9.59 Å². The normalized spacial score (nSPS) is 13.9. The first-order chi connectivity index (χ1) is 18.0. The van der Waals surface area contributed by atoms with Crippen LogP contribution in [0, 0.1) is 0 Å². The van der Waals surface area contributed by atoms with Gasteiger partial charge in [0.05, 0.1) is 14.2 Å². The zero-order chi connectivity index (χ0) is 25.8. The van der Waals surface area contributed by atoms with Crippen LogP contribution in [-0.4, -0.2) is 53.4 Å². The first-order valence-electron chi connectivity index (χ1n) is 12.4. The van der Waals surface area contributed by atoms with Gasteiger partial charge in [0.1, 0.15) is 17.1 Å². The molecule has 1 aliphatic rings. The number of nitrogens with zero attached hydrogens (tertiary/aromatic N) is 3. The molecule has 1 N–H and O–H groups in total. The Hall–Kier alpha value is -4.33. The largest absolute Gasteiger partial charge is 0.497 e. The molecule has 1 fully saturated rings. The molecule has 1 aliphatic heterocycles. The lowest BCUT2D eigenvalue weighted by molar-refractivity contribution is 0.0712. The molecule has 8 heteroatoms. The average molecular weight is 499 g/mol. The number of carbonyl (C=O) groups is 2. The quantitative estimate of drug-likeness (QED) is 0.411. The van der Waals surface area contributed by atoms with Crippen LogP contribution < -0.4 is 14.8 Å². The van der Waals surface area contributed by atoms with E-state index in [2.05, 4.69) is 10.3 Å². The third kappa shape index (κ3) is 5.43. The van der Waals surface area contributed by atoms with Crippen molar-refractivity contribution in [3.63, 3.8) is 0 Å². The van der Waals surface area contributed by atoms with Crippen LogP contribution in [0.15, 0.2) is 73.2 Å². The zero-order valence-corrected chi connectivity index (χ0v) is 21.0. The number of likely N-dealkylation sites (tertiary alicyclic amines) is 1. The van der Waals surface area contributed by atoms with Crippen LogP contribution in [0.4, 0.5) is 0 Å². The molecule has 8 nitrogen and oxygen atoms in total. The second-order valence-corrected chi connectivity index (χ2v) is 9.20. The molecule has 0 spiro atoms. The van der Waals surface area contributed by atoms with E-state index in [0.29, 0.717) is 48.2 Å². The van der Waals surface area contributed by atoms with Crippen LogP contribution in [-0.2, 0) is 6.54 Å². The molecule has 0 unspecified atom stereocenters. The summed E-state index contributed by atoms with van der Waals surface area (Å²) in [6, 6.07) is 17.0. The molecule has 0 aliphatic carbocycles. The Balaban J connectivity index is 1.15. The van der Waals surface area contributed by atoms with Gasteiger partial charge in [0.15, 0.2) is 0 Å². The summed E-state index contributed by atoms with van der Waals surface area (Å²) < 4.78 is 12.5. The highest BCUT2D eigenvalue weighted by Crippen LogP contribution is 2.30. The third-order valence-corrected chi connectivity index (χ3v) is 6.94. The third-order valence-electron chi connectivity index (χ3n) is 6.94. The molecule has 0 saturated carbocycles. The van der Waals surface area contributed by atoms with Crippen molar-refractivity contribution in [3.05, 3.63) is 95.4 Å². The summed E-state index contributed by atoms with van der Waals surface area (Å²) in [6.07, 6.45) is 7.31. The van der Waals surface area contributed by atoms with Crippen molar-refractivity contribution in [1.29, 1.82) is 0 Å². The lowest BCUT2D eigenvalue weighted by Gasteiger charge is -2.32. The number of aromatic nitrogens is 2. The monoisotopic (exact) mass is 498 g/mol. The van der Waals surface area contributed by atoms with E-state index in [-0.39, 0.29) is 11.8 Å². The Bertz CT molecular complexity index is 1380. The number of carbonyl (C=O) groups excluding carboxylic acids is 2. The fourth-order valence-electron chi connectivity index (χ4n) is 4.78. The van der Waals surface area contributed by atoms with Crippen LogP contribution in [0.1, 0.15) is 50.6 Å². The fraction of sp³-hybridized carbons (Fsp3) is 0.276. The highest BCUT2D eigenvalue weighted by molar-refractivity contribution is 5.95. The van der Waals surface area contributed by atoms with Crippen molar-refractivity contribution in [3.8, 4) is 11.5 Å². The van der Waals surface area contributed by atoms with Gasteiger partial charge in [0.25, 0.3) is 11.8 Å². The smallest absolute Gasteiger partial charge is 0.254 e.